The second kappa shape index (κ2) is 3.67. The Morgan fingerprint density at radius 3 is 2.92 bits per heavy atom. The number of fused-ring (bicyclic) bond motifs is 4. The molecule has 122 valence electrons. The maximum Gasteiger partial charge on any atom is 0.235 e. The van der Waals surface area contributed by atoms with Gasteiger partial charge in [0.25, 0.3) is 0 Å². The van der Waals surface area contributed by atoms with Crippen molar-refractivity contribution < 1.29 is 9.59 Å². The number of anilines is 1. The minimum Gasteiger partial charge on any atom is -0.325 e. The Labute approximate surface area is 140 Å². The smallest absolute Gasteiger partial charge is 0.235 e. The first-order chi connectivity index (χ1) is 11.6. The molecule has 0 aromatic heterocycles. The maximum atomic E-state index is 13.3. The SMILES string of the molecule is C=C[C@]12CN(C)C3C1[C@]1(C(=O)Nc4ccccc41)[C@H]1CC(=O)[C@H]3C12. The Kier molecular flexibility index (Phi) is 2.04. The van der Waals surface area contributed by atoms with Crippen molar-refractivity contribution in [1.29, 1.82) is 0 Å². The van der Waals surface area contributed by atoms with Gasteiger partial charge in [-0.15, -0.1) is 6.58 Å². The number of Topliss-reactive ketones (excluding diaryl/α,β-unsaturated/α-hetero) is 1. The summed E-state index contributed by atoms with van der Waals surface area (Å²) in [4.78, 5) is 28.5. The second-order valence-corrected chi connectivity index (χ2v) is 8.40. The minimum absolute atomic E-state index is 0.0999. The molecule has 1 saturated heterocycles. The molecular weight excluding hydrogens is 300 g/mol. The minimum atomic E-state index is -0.548. The predicted molar refractivity (Wildman–Crippen MR) is 89.4 cm³/mol. The van der Waals surface area contributed by atoms with Crippen LogP contribution in [0.1, 0.15) is 12.0 Å². The first-order valence-corrected chi connectivity index (χ1v) is 8.85. The average Bonchev–Trinajstić information content (AvgIpc) is 3.26. The highest BCUT2D eigenvalue weighted by molar-refractivity contribution is 6.09. The van der Waals surface area contributed by atoms with Crippen LogP contribution in [-0.4, -0.2) is 36.2 Å². The summed E-state index contributed by atoms with van der Waals surface area (Å²) in [5.74, 6) is 1.16. The number of ketones is 1. The van der Waals surface area contributed by atoms with E-state index in [4.69, 9.17) is 0 Å². The summed E-state index contributed by atoms with van der Waals surface area (Å²) in [7, 11) is 2.11. The van der Waals surface area contributed by atoms with E-state index >= 15 is 0 Å². The number of carbonyl (C=O) groups excluding carboxylic acids is 2. The number of para-hydroxylation sites is 1. The highest BCUT2D eigenvalue weighted by Crippen LogP contribution is 2.79. The molecule has 7 atom stereocenters. The van der Waals surface area contributed by atoms with E-state index in [1.807, 2.05) is 18.2 Å². The number of hydrogen-bond donors (Lipinski definition) is 1. The first kappa shape index (κ1) is 13.4. The van der Waals surface area contributed by atoms with E-state index in [1.54, 1.807) is 0 Å². The van der Waals surface area contributed by atoms with Crippen molar-refractivity contribution in [2.24, 2.45) is 29.1 Å². The van der Waals surface area contributed by atoms with E-state index < -0.39 is 5.41 Å². The van der Waals surface area contributed by atoms with Crippen LogP contribution in [0.3, 0.4) is 0 Å². The van der Waals surface area contributed by atoms with E-state index in [-0.39, 0.29) is 41.0 Å². The molecule has 4 nitrogen and oxygen atoms in total. The summed E-state index contributed by atoms with van der Waals surface area (Å²) >= 11 is 0. The van der Waals surface area contributed by atoms with Crippen LogP contribution in [-0.2, 0) is 15.0 Å². The Morgan fingerprint density at radius 2 is 2.12 bits per heavy atom. The first-order valence-electron chi connectivity index (χ1n) is 8.85. The Bertz CT molecular complexity index is 848. The van der Waals surface area contributed by atoms with Crippen molar-refractivity contribution in [3.8, 4) is 0 Å². The van der Waals surface area contributed by atoms with Gasteiger partial charge in [-0.2, -0.15) is 0 Å². The van der Waals surface area contributed by atoms with Gasteiger partial charge in [0.15, 0.2) is 0 Å². The lowest BCUT2D eigenvalue weighted by Crippen LogP contribution is -2.54. The van der Waals surface area contributed by atoms with E-state index in [2.05, 4.69) is 36.0 Å². The summed E-state index contributed by atoms with van der Waals surface area (Å²) in [5.41, 5.74) is 1.41. The average molecular weight is 320 g/mol. The van der Waals surface area contributed by atoms with Crippen molar-refractivity contribution >= 4 is 17.4 Å². The standard InChI is InChI=1S/C20H20N2O2/c1-3-19-9-22(2)16-14-13(23)8-11(15(14)19)20(17(16)19)10-6-4-5-7-12(10)21-18(20)24/h3-7,11,14-17H,1,8-9H2,2H3,(H,21,24)/t11-,14-,15?,16?,17?,19+,20+/m0/s1. The summed E-state index contributed by atoms with van der Waals surface area (Å²) in [6.07, 6.45) is 2.64. The Balaban J connectivity index is 1.70. The monoisotopic (exact) mass is 320 g/mol. The van der Waals surface area contributed by atoms with Gasteiger partial charge in [-0.05, 0) is 30.5 Å². The number of hydrogen-bond acceptors (Lipinski definition) is 3. The van der Waals surface area contributed by atoms with E-state index in [0.717, 1.165) is 17.8 Å². The number of nitrogens with one attached hydrogen (secondary N) is 1. The van der Waals surface area contributed by atoms with E-state index in [9.17, 15) is 9.59 Å². The lowest BCUT2D eigenvalue weighted by Gasteiger charge is -2.43. The zero-order chi connectivity index (χ0) is 16.4. The third kappa shape index (κ3) is 1.01. The largest absolute Gasteiger partial charge is 0.325 e. The van der Waals surface area contributed by atoms with Crippen LogP contribution in [0.25, 0.3) is 0 Å². The zero-order valence-electron chi connectivity index (χ0n) is 13.7. The topological polar surface area (TPSA) is 49.4 Å². The fourth-order valence-corrected chi connectivity index (χ4v) is 7.72. The Hall–Kier alpha value is -1.94. The fourth-order valence-electron chi connectivity index (χ4n) is 7.72. The Morgan fingerprint density at radius 1 is 1.33 bits per heavy atom. The predicted octanol–water partition coefficient (Wildman–Crippen LogP) is 1.83. The highest BCUT2D eigenvalue weighted by atomic mass is 16.2. The molecule has 4 fully saturated rings. The normalized spacial score (nSPS) is 50.0. The van der Waals surface area contributed by atoms with Gasteiger partial charge >= 0.3 is 0 Å². The number of rotatable bonds is 1. The molecule has 24 heavy (non-hydrogen) atoms. The van der Waals surface area contributed by atoms with Crippen LogP contribution in [0.5, 0.6) is 0 Å². The lowest BCUT2D eigenvalue weighted by molar-refractivity contribution is -0.126. The van der Waals surface area contributed by atoms with Gasteiger partial charge in [-0.1, -0.05) is 24.3 Å². The van der Waals surface area contributed by atoms with Gasteiger partial charge in [0.2, 0.25) is 5.91 Å². The molecule has 1 amide bonds. The molecule has 3 unspecified atom stereocenters. The van der Waals surface area contributed by atoms with Crippen molar-refractivity contribution in [2.45, 2.75) is 17.9 Å². The maximum absolute atomic E-state index is 13.3. The molecule has 1 aromatic carbocycles. The van der Waals surface area contributed by atoms with Crippen LogP contribution in [0.15, 0.2) is 36.9 Å². The summed E-state index contributed by atoms with van der Waals surface area (Å²) in [6.45, 7) is 5.10. The van der Waals surface area contributed by atoms with Crippen molar-refractivity contribution in [3.63, 3.8) is 0 Å². The molecule has 2 aliphatic heterocycles. The summed E-state index contributed by atoms with van der Waals surface area (Å²) < 4.78 is 0. The molecule has 2 heterocycles. The van der Waals surface area contributed by atoms with Gasteiger partial charge in [0.05, 0.1) is 5.41 Å². The molecule has 5 aliphatic rings. The van der Waals surface area contributed by atoms with Gasteiger partial charge in [0, 0.05) is 41.9 Å². The molecule has 4 heteroatoms. The van der Waals surface area contributed by atoms with Crippen LogP contribution < -0.4 is 5.32 Å². The van der Waals surface area contributed by atoms with Gasteiger partial charge in [-0.3, -0.25) is 9.59 Å². The third-order valence-corrected chi connectivity index (χ3v) is 8.01. The van der Waals surface area contributed by atoms with E-state index in [0.29, 0.717) is 12.2 Å². The number of carbonyl (C=O) groups is 2. The van der Waals surface area contributed by atoms with Crippen LogP contribution in [0.2, 0.25) is 0 Å². The molecular formula is C20H20N2O2. The molecule has 3 aliphatic carbocycles. The summed E-state index contributed by atoms with van der Waals surface area (Å²) in [5, 5.41) is 3.13. The number of piperidine rings is 1. The highest BCUT2D eigenvalue weighted by Gasteiger charge is 2.85. The number of nitrogens with zero attached hydrogens (tertiary/aromatic N) is 1. The molecule has 1 N–H and O–H groups in total. The second-order valence-electron chi connectivity index (χ2n) is 8.40. The fraction of sp³-hybridized carbons (Fsp3) is 0.500. The molecule has 6 rings (SSSR count). The van der Waals surface area contributed by atoms with Crippen molar-refractivity contribution in [3.05, 3.63) is 42.5 Å². The lowest BCUT2D eigenvalue weighted by atomic mass is 9.61. The molecule has 1 aromatic rings. The molecule has 1 spiro atoms. The van der Waals surface area contributed by atoms with Crippen LogP contribution >= 0.6 is 0 Å². The number of amides is 1. The van der Waals surface area contributed by atoms with Gasteiger partial charge < -0.3 is 10.2 Å². The van der Waals surface area contributed by atoms with E-state index in [1.165, 1.54) is 0 Å². The zero-order valence-corrected chi connectivity index (χ0v) is 13.7. The van der Waals surface area contributed by atoms with Gasteiger partial charge in [-0.25, -0.2) is 0 Å². The van der Waals surface area contributed by atoms with Crippen LogP contribution in [0.4, 0.5) is 5.69 Å². The van der Waals surface area contributed by atoms with Crippen LogP contribution in [0, 0.1) is 29.1 Å². The third-order valence-electron chi connectivity index (χ3n) is 8.01. The number of benzene rings is 1. The van der Waals surface area contributed by atoms with Gasteiger partial charge in [0.1, 0.15) is 5.78 Å². The molecule has 0 radical (unpaired) electrons. The molecule has 3 saturated carbocycles. The van der Waals surface area contributed by atoms with Crippen molar-refractivity contribution in [2.75, 3.05) is 18.9 Å². The van der Waals surface area contributed by atoms with Crippen molar-refractivity contribution in [1.82, 2.24) is 4.90 Å². The summed E-state index contributed by atoms with van der Waals surface area (Å²) in [6, 6.07) is 8.26. The quantitative estimate of drug-likeness (QED) is 0.803. The molecule has 4 bridgehead atoms. The number of likely N-dealkylation sites (tertiary alicyclic amines) is 1.